The second-order valence-corrected chi connectivity index (χ2v) is 6.39. The fourth-order valence-electron chi connectivity index (χ4n) is 3.18. The van der Waals surface area contributed by atoms with E-state index in [4.69, 9.17) is 10.1 Å². The van der Waals surface area contributed by atoms with Gasteiger partial charge in [-0.05, 0) is 43.7 Å². The van der Waals surface area contributed by atoms with E-state index in [9.17, 15) is 9.59 Å². The van der Waals surface area contributed by atoms with Gasteiger partial charge in [0.15, 0.2) is 5.65 Å². The van der Waals surface area contributed by atoms with Crippen LogP contribution in [0.1, 0.15) is 22.8 Å². The van der Waals surface area contributed by atoms with E-state index >= 15 is 0 Å². The number of hydrogen-bond donors (Lipinski definition) is 1. The van der Waals surface area contributed by atoms with Crippen molar-refractivity contribution in [1.82, 2.24) is 14.0 Å². The van der Waals surface area contributed by atoms with Crippen molar-refractivity contribution in [3.63, 3.8) is 0 Å². The summed E-state index contributed by atoms with van der Waals surface area (Å²) < 4.78 is 8.05. The molecule has 7 nitrogen and oxygen atoms in total. The molecule has 7 heteroatoms. The summed E-state index contributed by atoms with van der Waals surface area (Å²) in [5, 5.41) is 8.84. The molecule has 0 bridgehead atoms. The lowest BCUT2D eigenvalue weighted by Gasteiger charge is -2.14. The molecule has 0 atom stereocenters. The van der Waals surface area contributed by atoms with Crippen LogP contribution in [0.25, 0.3) is 22.4 Å². The molecule has 140 valence electrons. The van der Waals surface area contributed by atoms with Gasteiger partial charge < -0.3 is 4.74 Å². The minimum absolute atomic E-state index is 0.0182. The Morgan fingerprint density at radius 2 is 1.93 bits per heavy atom. The number of esters is 1. The molecule has 4 aromatic rings. The highest BCUT2D eigenvalue weighted by Crippen LogP contribution is 2.16. The minimum Gasteiger partial charge on any atom is -0.462 e. The predicted octanol–water partition coefficient (Wildman–Crippen LogP) is 2.60. The van der Waals surface area contributed by atoms with Gasteiger partial charge >= 0.3 is 5.97 Å². The third-order valence-corrected chi connectivity index (χ3v) is 4.47. The number of hydrogen-bond acceptors (Lipinski definition) is 5. The van der Waals surface area contributed by atoms with E-state index in [0.717, 1.165) is 5.56 Å². The zero-order valence-corrected chi connectivity index (χ0v) is 15.5. The van der Waals surface area contributed by atoms with Gasteiger partial charge in [-0.1, -0.05) is 24.3 Å². The summed E-state index contributed by atoms with van der Waals surface area (Å²) in [4.78, 5) is 30.2. The number of rotatable bonds is 3. The Morgan fingerprint density at radius 3 is 2.64 bits per heavy atom. The monoisotopic (exact) mass is 374 g/mol. The topological polar surface area (TPSA) is 89.4 Å². The lowest BCUT2D eigenvalue weighted by molar-refractivity contribution is 0.0523. The Morgan fingerprint density at radius 1 is 1.18 bits per heavy atom. The Hall–Kier alpha value is -3.74. The van der Waals surface area contributed by atoms with Crippen LogP contribution < -0.4 is 11.0 Å². The van der Waals surface area contributed by atoms with Gasteiger partial charge in [0.25, 0.3) is 5.56 Å². The maximum absolute atomic E-state index is 13.2. The predicted molar refractivity (Wildman–Crippen MR) is 105 cm³/mol. The van der Waals surface area contributed by atoms with Crippen molar-refractivity contribution >= 4 is 22.6 Å². The number of carbonyl (C=O) groups excluding carboxylic acids is 1. The first-order chi connectivity index (χ1) is 13.5. The van der Waals surface area contributed by atoms with Crippen LogP contribution in [0.4, 0.5) is 0 Å². The number of benzene rings is 1. The SMILES string of the molecule is CCOC(=O)c1cc2c(=O)n3cc(C)ccc3nc2n(-c2ccccc2)c1=N. The van der Waals surface area contributed by atoms with Crippen molar-refractivity contribution in [1.29, 1.82) is 5.41 Å². The fraction of sp³-hybridized carbons (Fsp3) is 0.143. The van der Waals surface area contributed by atoms with E-state index in [1.807, 2.05) is 31.2 Å². The summed E-state index contributed by atoms with van der Waals surface area (Å²) in [7, 11) is 0. The van der Waals surface area contributed by atoms with Crippen LogP contribution >= 0.6 is 0 Å². The van der Waals surface area contributed by atoms with Crippen molar-refractivity contribution in [3.8, 4) is 5.69 Å². The first kappa shape index (κ1) is 17.7. The van der Waals surface area contributed by atoms with Gasteiger partial charge in [0.05, 0.1) is 12.0 Å². The summed E-state index contributed by atoms with van der Waals surface area (Å²) in [5.74, 6) is -0.646. The molecule has 0 saturated heterocycles. The molecule has 3 aromatic heterocycles. The largest absolute Gasteiger partial charge is 0.462 e. The van der Waals surface area contributed by atoms with E-state index in [2.05, 4.69) is 4.98 Å². The van der Waals surface area contributed by atoms with Crippen molar-refractivity contribution < 1.29 is 9.53 Å². The minimum atomic E-state index is -0.646. The zero-order valence-electron chi connectivity index (χ0n) is 15.5. The number of para-hydroxylation sites is 1. The van der Waals surface area contributed by atoms with Gasteiger partial charge in [0, 0.05) is 11.9 Å². The maximum atomic E-state index is 13.2. The van der Waals surface area contributed by atoms with E-state index in [1.54, 1.807) is 31.3 Å². The standard InChI is InChI=1S/C21H18N4O3/c1-3-28-21(27)15-11-16-19(25(18(15)22)14-7-5-4-6-8-14)23-17-10-9-13(2)12-24(17)20(16)26/h4-12,22H,3H2,1-2H3. The Kier molecular flexibility index (Phi) is 4.27. The molecule has 1 aromatic carbocycles. The molecule has 0 spiro atoms. The highest BCUT2D eigenvalue weighted by Gasteiger charge is 2.19. The van der Waals surface area contributed by atoms with Crippen molar-refractivity contribution in [2.45, 2.75) is 13.8 Å². The third kappa shape index (κ3) is 2.77. The summed E-state index contributed by atoms with van der Waals surface area (Å²) in [6.07, 6.45) is 1.70. The highest BCUT2D eigenvalue weighted by atomic mass is 16.5. The molecule has 0 unspecified atom stereocenters. The Bertz CT molecular complexity index is 1340. The van der Waals surface area contributed by atoms with Gasteiger partial charge in [0.2, 0.25) is 0 Å². The average molecular weight is 374 g/mol. The normalized spacial score (nSPS) is 11.1. The van der Waals surface area contributed by atoms with Crippen molar-refractivity contribution in [2.24, 2.45) is 0 Å². The first-order valence-electron chi connectivity index (χ1n) is 8.87. The van der Waals surface area contributed by atoms with Crippen LogP contribution in [-0.4, -0.2) is 26.5 Å². The van der Waals surface area contributed by atoms with Crippen LogP contribution in [0.3, 0.4) is 0 Å². The zero-order chi connectivity index (χ0) is 19.8. The van der Waals surface area contributed by atoms with Crippen LogP contribution in [0, 0.1) is 12.3 Å². The van der Waals surface area contributed by atoms with Crippen molar-refractivity contribution in [3.05, 3.63) is 81.7 Å². The molecule has 0 saturated carbocycles. The van der Waals surface area contributed by atoms with Crippen LogP contribution in [0.5, 0.6) is 0 Å². The molecule has 28 heavy (non-hydrogen) atoms. The maximum Gasteiger partial charge on any atom is 0.341 e. The second kappa shape index (κ2) is 6.77. The number of ether oxygens (including phenoxy) is 1. The number of fused-ring (bicyclic) bond motifs is 2. The lowest BCUT2D eigenvalue weighted by atomic mass is 10.2. The van der Waals surface area contributed by atoms with Crippen LogP contribution in [-0.2, 0) is 4.74 Å². The molecule has 0 aliphatic carbocycles. The summed E-state index contributed by atoms with van der Waals surface area (Å²) in [5.41, 5.74) is 1.96. The van der Waals surface area contributed by atoms with Gasteiger partial charge in [0.1, 0.15) is 16.7 Å². The second-order valence-electron chi connectivity index (χ2n) is 6.39. The van der Waals surface area contributed by atoms with Gasteiger partial charge in [-0.2, -0.15) is 0 Å². The fourth-order valence-corrected chi connectivity index (χ4v) is 3.18. The van der Waals surface area contributed by atoms with Crippen LogP contribution in [0.2, 0.25) is 0 Å². The molecule has 4 rings (SSSR count). The van der Waals surface area contributed by atoms with Crippen molar-refractivity contribution in [2.75, 3.05) is 6.61 Å². The lowest BCUT2D eigenvalue weighted by Crippen LogP contribution is -2.30. The van der Waals surface area contributed by atoms with E-state index in [0.29, 0.717) is 17.0 Å². The summed E-state index contributed by atoms with van der Waals surface area (Å²) >= 11 is 0. The number of carbonyl (C=O) groups is 1. The molecular formula is C21H18N4O3. The number of nitrogens with one attached hydrogen (secondary N) is 1. The molecule has 0 aliphatic heterocycles. The Balaban J connectivity index is 2.20. The number of aromatic nitrogens is 3. The molecule has 0 fully saturated rings. The summed E-state index contributed by atoms with van der Waals surface area (Å²) in [6, 6.07) is 14.1. The summed E-state index contributed by atoms with van der Waals surface area (Å²) in [6.45, 7) is 3.76. The van der Waals surface area contributed by atoms with E-state index in [1.165, 1.54) is 15.0 Å². The molecule has 0 radical (unpaired) electrons. The average Bonchev–Trinajstić information content (AvgIpc) is 2.69. The van der Waals surface area contributed by atoms with Crippen LogP contribution in [0.15, 0.2) is 59.5 Å². The first-order valence-corrected chi connectivity index (χ1v) is 8.87. The molecular weight excluding hydrogens is 356 g/mol. The van der Waals surface area contributed by atoms with Gasteiger partial charge in [-0.3, -0.25) is 19.2 Å². The van der Waals surface area contributed by atoms with E-state index < -0.39 is 5.97 Å². The number of aryl methyl sites for hydroxylation is 1. The number of nitrogens with zero attached hydrogens (tertiary/aromatic N) is 3. The number of pyridine rings is 2. The molecule has 1 N–H and O–H groups in total. The Labute approximate surface area is 160 Å². The third-order valence-electron chi connectivity index (χ3n) is 4.47. The molecule has 0 aliphatic rings. The van der Waals surface area contributed by atoms with E-state index in [-0.39, 0.29) is 28.6 Å². The quantitative estimate of drug-likeness (QED) is 0.441. The van der Waals surface area contributed by atoms with Gasteiger partial charge in [-0.15, -0.1) is 0 Å². The molecule has 0 amide bonds. The highest BCUT2D eigenvalue weighted by molar-refractivity contribution is 5.93. The van der Waals surface area contributed by atoms with Gasteiger partial charge in [-0.25, -0.2) is 9.78 Å². The molecule has 3 heterocycles. The smallest absolute Gasteiger partial charge is 0.341 e.